The van der Waals surface area contributed by atoms with Gasteiger partial charge in [0.15, 0.2) is 0 Å². The SMILES string of the molecule is CCCC(NC(=O)NC(CC(=O)O)C1CC1)c1cccs1. The minimum Gasteiger partial charge on any atom is -0.481 e. The van der Waals surface area contributed by atoms with Crippen LogP contribution >= 0.6 is 11.3 Å². The van der Waals surface area contributed by atoms with Crippen LogP contribution in [0.15, 0.2) is 17.5 Å². The van der Waals surface area contributed by atoms with E-state index in [1.54, 1.807) is 11.3 Å². The Kier molecular flexibility index (Phi) is 5.61. The molecule has 0 aromatic carbocycles. The molecule has 1 aliphatic rings. The van der Waals surface area contributed by atoms with E-state index >= 15 is 0 Å². The molecule has 2 atom stereocenters. The first-order valence-corrected chi connectivity index (χ1v) is 8.30. The van der Waals surface area contributed by atoms with Gasteiger partial charge in [-0.2, -0.15) is 0 Å². The van der Waals surface area contributed by atoms with Gasteiger partial charge in [-0.3, -0.25) is 4.79 Å². The molecule has 2 amide bonds. The summed E-state index contributed by atoms with van der Waals surface area (Å²) in [5, 5.41) is 16.7. The first-order chi connectivity index (χ1) is 10.1. The summed E-state index contributed by atoms with van der Waals surface area (Å²) in [6.07, 6.45) is 3.85. The zero-order valence-electron chi connectivity index (χ0n) is 12.2. The Morgan fingerprint density at radius 2 is 2.19 bits per heavy atom. The summed E-state index contributed by atoms with van der Waals surface area (Å²) in [5.74, 6) is -0.547. The summed E-state index contributed by atoms with van der Waals surface area (Å²) >= 11 is 1.62. The number of thiophene rings is 1. The van der Waals surface area contributed by atoms with Gasteiger partial charge in [0.1, 0.15) is 0 Å². The minimum atomic E-state index is -0.865. The van der Waals surface area contributed by atoms with Gasteiger partial charge in [-0.05, 0) is 36.6 Å². The second-order valence-electron chi connectivity index (χ2n) is 5.52. The normalized spacial score (nSPS) is 17.0. The molecular weight excluding hydrogens is 288 g/mol. The van der Waals surface area contributed by atoms with Crippen LogP contribution in [0.5, 0.6) is 0 Å². The van der Waals surface area contributed by atoms with Crippen molar-refractivity contribution in [2.45, 2.75) is 51.1 Å². The maximum atomic E-state index is 12.1. The van der Waals surface area contributed by atoms with Crippen LogP contribution < -0.4 is 10.6 Å². The quantitative estimate of drug-likeness (QED) is 0.690. The third-order valence-electron chi connectivity index (χ3n) is 3.67. The van der Waals surface area contributed by atoms with Gasteiger partial charge in [0.05, 0.1) is 12.5 Å². The molecule has 1 aromatic rings. The Hall–Kier alpha value is -1.56. The molecule has 1 aromatic heterocycles. The summed E-state index contributed by atoms with van der Waals surface area (Å²) < 4.78 is 0. The lowest BCUT2D eigenvalue weighted by Gasteiger charge is -2.21. The van der Waals surface area contributed by atoms with Gasteiger partial charge in [0.25, 0.3) is 0 Å². The molecule has 0 radical (unpaired) electrons. The Bertz CT molecular complexity index is 471. The van der Waals surface area contributed by atoms with Crippen LogP contribution in [0.25, 0.3) is 0 Å². The van der Waals surface area contributed by atoms with Gasteiger partial charge in [0, 0.05) is 10.9 Å². The maximum Gasteiger partial charge on any atom is 0.315 e. The Morgan fingerprint density at radius 1 is 1.43 bits per heavy atom. The van der Waals surface area contributed by atoms with Crippen molar-refractivity contribution in [2.24, 2.45) is 5.92 Å². The van der Waals surface area contributed by atoms with Gasteiger partial charge in [-0.1, -0.05) is 19.4 Å². The van der Waals surface area contributed by atoms with Crippen LogP contribution in [0.4, 0.5) is 4.79 Å². The molecule has 0 saturated heterocycles. The number of carbonyl (C=O) groups excluding carboxylic acids is 1. The fourth-order valence-electron chi connectivity index (χ4n) is 2.45. The maximum absolute atomic E-state index is 12.1. The highest BCUT2D eigenvalue weighted by Crippen LogP contribution is 2.34. The number of amides is 2. The van der Waals surface area contributed by atoms with Crippen molar-refractivity contribution in [2.75, 3.05) is 0 Å². The average molecular weight is 310 g/mol. The van der Waals surface area contributed by atoms with Gasteiger partial charge in [-0.25, -0.2) is 4.79 Å². The molecule has 2 rings (SSSR count). The van der Waals surface area contributed by atoms with E-state index in [0.29, 0.717) is 5.92 Å². The second-order valence-corrected chi connectivity index (χ2v) is 6.50. The third kappa shape index (κ3) is 5.04. The molecule has 6 heteroatoms. The van der Waals surface area contributed by atoms with Crippen molar-refractivity contribution in [3.8, 4) is 0 Å². The highest BCUT2D eigenvalue weighted by Gasteiger charge is 2.34. The molecule has 116 valence electrons. The van der Waals surface area contributed by atoms with Crippen LogP contribution in [0.1, 0.15) is 49.9 Å². The fraction of sp³-hybridized carbons (Fsp3) is 0.600. The number of urea groups is 1. The Balaban J connectivity index is 1.90. The van der Waals surface area contributed by atoms with E-state index in [1.165, 1.54) is 0 Å². The summed E-state index contributed by atoms with van der Waals surface area (Å²) in [6, 6.07) is 3.47. The molecule has 2 unspecified atom stereocenters. The Morgan fingerprint density at radius 3 is 2.71 bits per heavy atom. The molecule has 0 spiro atoms. The monoisotopic (exact) mass is 310 g/mol. The predicted molar refractivity (Wildman–Crippen MR) is 82.4 cm³/mol. The molecule has 1 aliphatic carbocycles. The van der Waals surface area contributed by atoms with Crippen LogP contribution in [0.2, 0.25) is 0 Å². The first-order valence-electron chi connectivity index (χ1n) is 7.42. The summed E-state index contributed by atoms with van der Waals surface area (Å²) in [5.41, 5.74) is 0. The zero-order valence-corrected chi connectivity index (χ0v) is 13.0. The third-order valence-corrected chi connectivity index (χ3v) is 4.66. The van der Waals surface area contributed by atoms with E-state index in [2.05, 4.69) is 17.6 Å². The summed E-state index contributed by atoms with van der Waals surface area (Å²) in [4.78, 5) is 24.1. The van der Waals surface area contributed by atoms with Crippen molar-refractivity contribution in [3.63, 3.8) is 0 Å². The van der Waals surface area contributed by atoms with Crippen molar-refractivity contribution < 1.29 is 14.7 Å². The number of hydrogen-bond donors (Lipinski definition) is 3. The lowest BCUT2D eigenvalue weighted by atomic mass is 10.1. The standard InChI is InChI=1S/C15H22N2O3S/c1-2-4-11(13-5-3-8-21-13)16-15(20)17-12(9-14(18)19)10-6-7-10/h3,5,8,10-12H,2,4,6-7,9H2,1H3,(H,18,19)(H2,16,17,20). The van der Waals surface area contributed by atoms with E-state index in [1.807, 2.05) is 17.5 Å². The molecular formula is C15H22N2O3S. The Labute approximate surface area is 128 Å². The highest BCUT2D eigenvalue weighted by molar-refractivity contribution is 7.10. The number of carbonyl (C=O) groups is 2. The van der Waals surface area contributed by atoms with Crippen molar-refractivity contribution in [1.29, 1.82) is 0 Å². The van der Waals surface area contributed by atoms with E-state index in [-0.39, 0.29) is 24.5 Å². The van der Waals surface area contributed by atoms with E-state index in [9.17, 15) is 9.59 Å². The van der Waals surface area contributed by atoms with Gasteiger partial charge in [0.2, 0.25) is 0 Å². The number of rotatable bonds is 8. The molecule has 1 saturated carbocycles. The molecule has 1 heterocycles. The predicted octanol–water partition coefficient (Wildman–Crippen LogP) is 3.14. The molecule has 0 aliphatic heterocycles. The molecule has 21 heavy (non-hydrogen) atoms. The summed E-state index contributed by atoms with van der Waals surface area (Å²) in [6.45, 7) is 2.08. The summed E-state index contributed by atoms with van der Waals surface area (Å²) in [7, 11) is 0. The van der Waals surface area contributed by atoms with Gasteiger partial charge >= 0.3 is 12.0 Å². The van der Waals surface area contributed by atoms with E-state index in [4.69, 9.17) is 5.11 Å². The van der Waals surface area contributed by atoms with E-state index < -0.39 is 5.97 Å². The lowest BCUT2D eigenvalue weighted by molar-refractivity contribution is -0.137. The molecule has 3 N–H and O–H groups in total. The van der Waals surface area contributed by atoms with Crippen molar-refractivity contribution in [3.05, 3.63) is 22.4 Å². The van der Waals surface area contributed by atoms with Crippen LogP contribution in [-0.4, -0.2) is 23.1 Å². The average Bonchev–Trinajstić information content (AvgIpc) is 3.12. The smallest absolute Gasteiger partial charge is 0.315 e. The lowest BCUT2D eigenvalue weighted by Crippen LogP contribution is -2.45. The van der Waals surface area contributed by atoms with Crippen LogP contribution in [0, 0.1) is 5.92 Å². The zero-order chi connectivity index (χ0) is 15.2. The largest absolute Gasteiger partial charge is 0.481 e. The molecule has 0 bridgehead atoms. The van der Waals surface area contributed by atoms with Gasteiger partial charge in [-0.15, -0.1) is 11.3 Å². The topological polar surface area (TPSA) is 78.4 Å². The van der Waals surface area contributed by atoms with Gasteiger partial charge < -0.3 is 15.7 Å². The van der Waals surface area contributed by atoms with Crippen molar-refractivity contribution >= 4 is 23.3 Å². The molecule has 1 fully saturated rings. The number of aliphatic carboxylic acids is 1. The highest BCUT2D eigenvalue weighted by atomic mass is 32.1. The van der Waals surface area contributed by atoms with Crippen LogP contribution in [0.3, 0.4) is 0 Å². The minimum absolute atomic E-state index is 0.000295. The van der Waals surface area contributed by atoms with E-state index in [0.717, 1.165) is 30.6 Å². The van der Waals surface area contributed by atoms with Crippen molar-refractivity contribution in [1.82, 2.24) is 10.6 Å². The fourth-order valence-corrected chi connectivity index (χ4v) is 3.27. The second kappa shape index (κ2) is 7.45. The number of hydrogen-bond acceptors (Lipinski definition) is 3. The molecule has 5 nitrogen and oxygen atoms in total. The number of nitrogens with one attached hydrogen (secondary N) is 2. The number of carboxylic acid groups (broad SMARTS) is 1. The van der Waals surface area contributed by atoms with Crippen LogP contribution in [-0.2, 0) is 4.79 Å². The first kappa shape index (κ1) is 15.8. The number of carboxylic acids is 1.